The lowest BCUT2D eigenvalue weighted by Gasteiger charge is -2.30. The van der Waals surface area contributed by atoms with Gasteiger partial charge in [-0.2, -0.15) is 0 Å². The molecule has 5 heteroatoms. The average Bonchev–Trinajstić information content (AvgIpc) is 2.64. The number of carbonyl (C=O) groups is 1. The number of rotatable bonds is 3. The van der Waals surface area contributed by atoms with Gasteiger partial charge in [0, 0.05) is 10.9 Å². The fourth-order valence-electron chi connectivity index (χ4n) is 2.17. The Kier molecular flexibility index (Phi) is 3.99. The van der Waals surface area contributed by atoms with Crippen LogP contribution in [0.5, 0.6) is 0 Å². The quantitative estimate of drug-likeness (QED) is 0.860. The van der Waals surface area contributed by atoms with Gasteiger partial charge >= 0.3 is 0 Å². The first-order chi connectivity index (χ1) is 8.55. The molecule has 1 aromatic rings. The van der Waals surface area contributed by atoms with E-state index in [1.54, 1.807) is 18.2 Å². The van der Waals surface area contributed by atoms with Crippen LogP contribution in [0.25, 0.3) is 0 Å². The minimum atomic E-state index is -0.669. The van der Waals surface area contributed by atoms with E-state index < -0.39 is 4.08 Å². The molecule has 0 radical (unpaired) electrons. The standard InChI is InChI=1S/C13H13ClO2S2/c1-17-13(18-2)10(7-11(15)12(13)16)8-3-5-9(14)6-4-8/h3-7,10,15H,1-2H3. The molecule has 0 spiro atoms. The van der Waals surface area contributed by atoms with Crippen LogP contribution in [-0.2, 0) is 4.79 Å². The van der Waals surface area contributed by atoms with Crippen molar-refractivity contribution >= 4 is 40.9 Å². The molecule has 1 atom stereocenters. The van der Waals surface area contributed by atoms with Crippen molar-refractivity contribution in [2.24, 2.45) is 0 Å². The van der Waals surface area contributed by atoms with Gasteiger partial charge in [0.2, 0.25) is 5.78 Å². The Hall–Kier alpha value is -0.580. The second-order valence-electron chi connectivity index (χ2n) is 3.99. The lowest BCUT2D eigenvalue weighted by atomic mass is 9.97. The van der Waals surface area contributed by atoms with E-state index in [1.165, 1.54) is 23.5 Å². The van der Waals surface area contributed by atoms with Gasteiger partial charge in [-0.15, -0.1) is 23.5 Å². The van der Waals surface area contributed by atoms with Gasteiger partial charge in [0.05, 0.1) is 0 Å². The lowest BCUT2D eigenvalue weighted by molar-refractivity contribution is -0.117. The summed E-state index contributed by atoms with van der Waals surface area (Å²) in [6.07, 6.45) is 5.42. The molecule has 0 amide bonds. The number of aliphatic hydroxyl groups is 1. The van der Waals surface area contributed by atoms with E-state index >= 15 is 0 Å². The summed E-state index contributed by atoms with van der Waals surface area (Å²) in [5.74, 6) is -0.478. The highest BCUT2D eigenvalue weighted by molar-refractivity contribution is 8.18. The van der Waals surface area contributed by atoms with E-state index in [9.17, 15) is 9.90 Å². The molecular weight excluding hydrogens is 288 g/mol. The van der Waals surface area contributed by atoms with Crippen LogP contribution in [0.3, 0.4) is 0 Å². The van der Waals surface area contributed by atoms with Gasteiger partial charge in [0.25, 0.3) is 0 Å². The molecule has 1 aliphatic carbocycles. The Morgan fingerprint density at radius 1 is 1.22 bits per heavy atom. The van der Waals surface area contributed by atoms with Crippen LogP contribution in [-0.4, -0.2) is 27.5 Å². The fourth-order valence-corrected chi connectivity index (χ4v) is 4.46. The molecule has 1 aliphatic rings. The molecule has 1 unspecified atom stereocenters. The van der Waals surface area contributed by atoms with E-state index in [-0.39, 0.29) is 17.5 Å². The summed E-state index contributed by atoms with van der Waals surface area (Å²) in [4.78, 5) is 12.2. The van der Waals surface area contributed by atoms with Crippen molar-refractivity contribution in [3.8, 4) is 0 Å². The van der Waals surface area contributed by atoms with Gasteiger partial charge in [0.15, 0.2) is 5.76 Å². The second kappa shape index (κ2) is 5.19. The number of halogens is 1. The molecule has 96 valence electrons. The van der Waals surface area contributed by atoms with Gasteiger partial charge in [-0.3, -0.25) is 4.79 Å². The number of hydrogen-bond acceptors (Lipinski definition) is 4. The predicted octanol–water partition coefficient (Wildman–Crippen LogP) is 3.87. The highest BCUT2D eigenvalue weighted by Crippen LogP contribution is 2.52. The number of Topliss-reactive ketones (excluding diaryl/α,β-unsaturated/α-hetero) is 1. The number of allylic oxidation sites excluding steroid dienone is 2. The molecule has 0 heterocycles. The third kappa shape index (κ3) is 2.06. The van der Waals surface area contributed by atoms with Crippen molar-refractivity contribution in [1.29, 1.82) is 0 Å². The van der Waals surface area contributed by atoms with Gasteiger partial charge in [0.1, 0.15) is 4.08 Å². The first kappa shape index (κ1) is 13.8. The zero-order valence-electron chi connectivity index (χ0n) is 10.0. The van der Waals surface area contributed by atoms with Gasteiger partial charge in [-0.1, -0.05) is 23.7 Å². The zero-order chi connectivity index (χ0) is 13.3. The third-order valence-corrected chi connectivity index (χ3v) is 6.46. The minimum Gasteiger partial charge on any atom is -0.505 e. The van der Waals surface area contributed by atoms with Gasteiger partial charge in [-0.25, -0.2) is 0 Å². The molecule has 0 bridgehead atoms. The maximum absolute atomic E-state index is 12.2. The first-order valence-electron chi connectivity index (χ1n) is 5.36. The van der Waals surface area contributed by atoms with Crippen molar-refractivity contribution in [3.05, 3.63) is 46.7 Å². The number of hydrogen-bond donors (Lipinski definition) is 1. The summed E-state index contributed by atoms with van der Waals surface area (Å²) in [6.45, 7) is 0. The van der Waals surface area contributed by atoms with Crippen LogP contribution < -0.4 is 0 Å². The smallest absolute Gasteiger partial charge is 0.223 e. The SMILES string of the molecule is CSC1(SC)C(=O)C(O)=CC1c1ccc(Cl)cc1. The summed E-state index contributed by atoms with van der Waals surface area (Å²) >= 11 is 8.81. The largest absolute Gasteiger partial charge is 0.505 e. The van der Waals surface area contributed by atoms with Crippen molar-refractivity contribution in [1.82, 2.24) is 0 Å². The Morgan fingerprint density at radius 3 is 2.28 bits per heavy atom. The molecule has 18 heavy (non-hydrogen) atoms. The maximum Gasteiger partial charge on any atom is 0.223 e. The number of carbonyl (C=O) groups excluding carboxylic acids is 1. The second-order valence-corrected chi connectivity index (χ2v) is 6.79. The van der Waals surface area contributed by atoms with Crippen LogP contribution in [0.1, 0.15) is 11.5 Å². The number of benzene rings is 1. The van der Waals surface area contributed by atoms with E-state index in [4.69, 9.17) is 11.6 Å². The Balaban J connectivity index is 2.48. The highest BCUT2D eigenvalue weighted by Gasteiger charge is 2.50. The van der Waals surface area contributed by atoms with E-state index in [0.29, 0.717) is 5.02 Å². The summed E-state index contributed by atoms with van der Waals surface area (Å²) < 4.78 is -0.669. The van der Waals surface area contributed by atoms with Crippen LogP contribution in [0, 0.1) is 0 Å². The van der Waals surface area contributed by atoms with E-state index in [0.717, 1.165) is 5.56 Å². The molecule has 0 aromatic heterocycles. The number of aliphatic hydroxyl groups excluding tert-OH is 1. The first-order valence-corrected chi connectivity index (χ1v) is 8.19. The molecule has 0 fully saturated rings. The van der Waals surface area contributed by atoms with Crippen molar-refractivity contribution < 1.29 is 9.90 Å². The van der Waals surface area contributed by atoms with E-state index in [2.05, 4.69) is 0 Å². The molecule has 2 rings (SSSR count). The topological polar surface area (TPSA) is 37.3 Å². The molecule has 1 aromatic carbocycles. The van der Waals surface area contributed by atoms with Crippen molar-refractivity contribution in [3.63, 3.8) is 0 Å². The maximum atomic E-state index is 12.2. The van der Waals surface area contributed by atoms with Crippen LogP contribution in [0.4, 0.5) is 0 Å². The summed E-state index contributed by atoms with van der Waals surface area (Å²) in [6, 6.07) is 7.40. The number of thioether (sulfide) groups is 2. The third-order valence-electron chi connectivity index (χ3n) is 3.12. The Labute approximate surface area is 120 Å². The molecular formula is C13H13ClO2S2. The average molecular weight is 301 g/mol. The Bertz CT molecular complexity index is 492. The molecule has 2 nitrogen and oxygen atoms in total. The normalized spacial score (nSPS) is 22.1. The van der Waals surface area contributed by atoms with Crippen LogP contribution in [0.2, 0.25) is 5.02 Å². The van der Waals surface area contributed by atoms with Crippen molar-refractivity contribution in [2.75, 3.05) is 12.5 Å². The minimum absolute atomic E-state index is 0.132. The summed E-state index contributed by atoms with van der Waals surface area (Å²) in [5, 5.41) is 10.4. The monoisotopic (exact) mass is 300 g/mol. The predicted molar refractivity (Wildman–Crippen MR) is 79.7 cm³/mol. The lowest BCUT2D eigenvalue weighted by Crippen LogP contribution is -2.33. The highest BCUT2D eigenvalue weighted by atomic mass is 35.5. The summed E-state index contributed by atoms with van der Waals surface area (Å²) in [5.41, 5.74) is 0.987. The fraction of sp³-hybridized carbons (Fsp3) is 0.308. The Morgan fingerprint density at radius 2 is 1.78 bits per heavy atom. The molecule has 1 N–H and O–H groups in total. The van der Waals surface area contributed by atoms with Crippen LogP contribution >= 0.6 is 35.1 Å². The number of ketones is 1. The molecule has 0 saturated heterocycles. The van der Waals surface area contributed by atoms with E-state index in [1.807, 2.05) is 24.6 Å². The molecule has 0 aliphatic heterocycles. The van der Waals surface area contributed by atoms with Gasteiger partial charge in [-0.05, 0) is 36.3 Å². The molecule has 0 saturated carbocycles. The van der Waals surface area contributed by atoms with Crippen molar-refractivity contribution in [2.45, 2.75) is 10.00 Å². The van der Waals surface area contributed by atoms with Gasteiger partial charge < -0.3 is 5.11 Å². The summed E-state index contributed by atoms with van der Waals surface area (Å²) in [7, 11) is 0. The zero-order valence-corrected chi connectivity index (χ0v) is 12.4. The van der Waals surface area contributed by atoms with Crippen LogP contribution in [0.15, 0.2) is 36.1 Å².